The van der Waals surface area contributed by atoms with Gasteiger partial charge in [0.25, 0.3) is 0 Å². The van der Waals surface area contributed by atoms with E-state index < -0.39 is 11.7 Å². The molecule has 1 amide bonds. The number of carbonyl (C=O) groups excluding carboxylic acids is 1. The summed E-state index contributed by atoms with van der Waals surface area (Å²) in [6.07, 6.45) is 0.906. The molecule has 138 valence electrons. The summed E-state index contributed by atoms with van der Waals surface area (Å²) in [5.41, 5.74) is 3.28. The zero-order valence-corrected chi connectivity index (χ0v) is 16.3. The Morgan fingerprint density at radius 1 is 1.12 bits per heavy atom. The standard InChI is InChI=1S/C19H20Cl2N2O3/c1-19(2,3)26-18(24)23-22-11-13-7-9-14(10-8-13)25-12-15-16(20)5-4-6-17(15)21/h4-11H,12H2,1-3H3,(H,23,24). The van der Waals surface area contributed by atoms with Crippen molar-refractivity contribution in [1.82, 2.24) is 5.43 Å². The van der Waals surface area contributed by atoms with E-state index in [4.69, 9.17) is 32.7 Å². The molecule has 2 rings (SSSR count). The van der Waals surface area contributed by atoms with Crippen LogP contribution in [0, 0.1) is 0 Å². The van der Waals surface area contributed by atoms with Crippen LogP contribution in [-0.4, -0.2) is 17.9 Å². The number of rotatable bonds is 5. The summed E-state index contributed by atoms with van der Waals surface area (Å²) >= 11 is 12.2. The monoisotopic (exact) mass is 394 g/mol. The van der Waals surface area contributed by atoms with Gasteiger partial charge in [0.15, 0.2) is 0 Å². The first-order valence-corrected chi connectivity index (χ1v) is 8.68. The molecule has 26 heavy (non-hydrogen) atoms. The van der Waals surface area contributed by atoms with Crippen LogP contribution in [0.5, 0.6) is 5.75 Å². The second-order valence-electron chi connectivity index (χ2n) is 6.43. The Morgan fingerprint density at radius 3 is 2.31 bits per heavy atom. The number of carbonyl (C=O) groups is 1. The molecule has 0 unspecified atom stereocenters. The molecular formula is C19H20Cl2N2O3. The van der Waals surface area contributed by atoms with Gasteiger partial charge in [-0.2, -0.15) is 5.10 Å². The molecule has 0 radical (unpaired) electrons. The van der Waals surface area contributed by atoms with E-state index in [-0.39, 0.29) is 6.61 Å². The van der Waals surface area contributed by atoms with Gasteiger partial charge < -0.3 is 9.47 Å². The van der Waals surface area contributed by atoms with Crippen LogP contribution >= 0.6 is 23.2 Å². The average molecular weight is 395 g/mol. The number of nitrogens with zero attached hydrogens (tertiary/aromatic N) is 1. The Morgan fingerprint density at radius 2 is 1.73 bits per heavy atom. The van der Waals surface area contributed by atoms with Gasteiger partial charge in [0.1, 0.15) is 18.0 Å². The average Bonchev–Trinajstić information content (AvgIpc) is 2.54. The molecule has 0 heterocycles. The molecule has 5 nitrogen and oxygen atoms in total. The molecule has 0 aliphatic carbocycles. The normalized spacial score (nSPS) is 11.4. The minimum absolute atomic E-state index is 0.270. The highest BCUT2D eigenvalue weighted by atomic mass is 35.5. The molecule has 2 aromatic rings. The van der Waals surface area contributed by atoms with Gasteiger partial charge in [-0.1, -0.05) is 29.3 Å². The van der Waals surface area contributed by atoms with E-state index in [1.54, 1.807) is 51.1 Å². The number of hydrazone groups is 1. The number of amides is 1. The highest BCUT2D eigenvalue weighted by Crippen LogP contribution is 2.25. The van der Waals surface area contributed by atoms with Crippen LogP contribution in [0.4, 0.5) is 4.79 Å². The molecule has 0 bridgehead atoms. The summed E-state index contributed by atoms with van der Waals surface area (Å²) in [4.78, 5) is 11.5. The number of halogens is 2. The third-order valence-corrected chi connectivity index (χ3v) is 3.80. The minimum Gasteiger partial charge on any atom is -0.489 e. The zero-order chi connectivity index (χ0) is 19.2. The smallest absolute Gasteiger partial charge is 0.428 e. The van der Waals surface area contributed by atoms with E-state index in [0.29, 0.717) is 15.8 Å². The number of ether oxygens (including phenoxy) is 2. The Kier molecular flexibility index (Phi) is 6.89. The van der Waals surface area contributed by atoms with Crippen LogP contribution in [0.1, 0.15) is 31.9 Å². The molecule has 1 N–H and O–H groups in total. The maximum atomic E-state index is 11.5. The maximum absolute atomic E-state index is 11.5. The van der Waals surface area contributed by atoms with Gasteiger partial charge in [-0.3, -0.25) is 0 Å². The summed E-state index contributed by atoms with van der Waals surface area (Å²) in [6.45, 7) is 5.62. The number of nitrogens with one attached hydrogen (secondary N) is 1. The van der Waals surface area contributed by atoms with Crippen LogP contribution < -0.4 is 10.2 Å². The first-order chi connectivity index (χ1) is 12.2. The Balaban J connectivity index is 1.88. The fourth-order valence-electron chi connectivity index (χ4n) is 1.94. The van der Waals surface area contributed by atoms with E-state index in [1.807, 2.05) is 12.1 Å². The summed E-state index contributed by atoms with van der Waals surface area (Å²) < 4.78 is 10.8. The summed E-state index contributed by atoms with van der Waals surface area (Å²) in [5, 5.41) is 4.98. The Labute approximate surface area is 162 Å². The Bertz CT molecular complexity index is 764. The van der Waals surface area contributed by atoms with E-state index >= 15 is 0 Å². The van der Waals surface area contributed by atoms with Gasteiger partial charge in [0, 0.05) is 15.6 Å². The van der Waals surface area contributed by atoms with E-state index in [1.165, 1.54) is 6.21 Å². The molecule has 0 aromatic heterocycles. The fourth-order valence-corrected chi connectivity index (χ4v) is 2.44. The van der Waals surface area contributed by atoms with Crippen molar-refractivity contribution in [2.24, 2.45) is 5.10 Å². The lowest BCUT2D eigenvalue weighted by Crippen LogP contribution is -2.29. The number of benzene rings is 2. The predicted octanol–water partition coefficient (Wildman–Crippen LogP) is 5.43. The molecule has 0 fully saturated rings. The van der Waals surface area contributed by atoms with Crippen molar-refractivity contribution in [3.63, 3.8) is 0 Å². The molecular weight excluding hydrogens is 375 g/mol. The van der Waals surface area contributed by atoms with Crippen molar-refractivity contribution >= 4 is 35.5 Å². The first-order valence-electron chi connectivity index (χ1n) is 7.92. The van der Waals surface area contributed by atoms with Gasteiger partial charge in [0.2, 0.25) is 0 Å². The van der Waals surface area contributed by atoms with Gasteiger partial charge in [0.05, 0.1) is 6.21 Å². The van der Waals surface area contributed by atoms with Crippen molar-refractivity contribution in [1.29, 1.82) is 0 Å². The zero-order valence-electron chi connectivity index (χ0n) is 14.8. The molecule has 0 aliphatic heterocycles. The van der Waals surface area contributed by atoms with Crippen molar-refractivity contribution in [2.45, 2.75) is 33.0 Å². The maximum Gasteiger partial charge on any atom is 0.428 e. The third kappa shape index (κ3) is 6.58. The molecule has 2 aromatic carbocycles. The highest BCUT2D eigenvalue weighted by molar-refractivity contribution is 6.35. The van der Waals surface area contributed by atoms with Gasteiger partial charge >= 0.3 is 6.09 Å². The van der Waals surface area contributed by atoms with Gasteiger partial charge in [-0.05, 0) is 62.7 Å². The lowest BCUT2D eigenvalue weighted by molar-refractivity contribution is 0.0529. The van der Waals surface area contributed by atoms with Crippen molar-refractivity contribution in [2.75, 3.05) is 0 Å². The summed E-state index contributed by atoms with van der Waals surface area (Å²) in [5.74, 6) is 0.665. The van der Waals surface area contributed by atoms with Crippen molar-refractivity contribution in [3.8, 4) is 5.75 Å². The second kappa shape index (κ2) is 8.92. The first kappa shape index (κ1) is 20.1. The Hall–Kier alpha value is -2.24. The lowest BCUT2D eigenvalue weighted by atomic mass is 10.2. The van der Waals surface area contributed by atoms with E-state index in [9.17, 15) is 4.79 Å². The fraction of sp³-hybridized carbons (Fsp3) is 0.263. The van der Waals surface area contributed by atoms with Crippen LogP contribution in [0.15, 0.2) is 47.6 Å². The molecule has 0 spiro atoms. The van der Waals surface area contributed by atoms with Crippen LogP contribution in [0.3, 0.4) is 0 Å². The molecule has 0 saturated heterocycles. The van der Waals surface area contributed by atoms with E-state index in [0.717, 1.165) is 11.1 Å². The van der Waals surface area contributed by atoms with Gasteiger partial charge in [-0.15, -0.1) is 0 Å². The molecule has 7 heteroatoms. The minimum atomic E-state index is -0.606. The quantitative estimate of drug-likeness (QED) is 0.542. The highest BCUT2D eigenvalue weighted by Gasteiger charge is 2.15. The topological polar surface area (TPSA) is 59.9 Å². The third-order valence-electron chi connectivity index (χ3n) is 3.09. The molecule has 0 saturated carbocycles. The number of hydrogen-bond acceptors (Lipinski definition) is 4. The van der Waals surface area contributed by atoms with E-state index in [2.05, 4.69) is 10.5 Å². The van der Waals surface area contributed by atoms with Crippen molar-refractivity contribution < 1.29 is 14.3 Å². The van der Waals surface area contributed by atoms with Crippen LogP contribution in [0.2, 0.25) is 10.0 Å². The number of hydrogen-bond donors (Lipinski definition) is 1. The van der Waals surface area contributed by atoms with Crippen molar-refractivity contribution in [3.05, 3.63) is 63.6 Å². The second-order valence-corrected chi connectivity index (χ2v) is 7.24. The van der Waals surface area contributed by atoms with Crippen LogP contribution in [0.25, 0.3) is 0 Å². The predicted molar refractivity (Wildman–Crippen MR) is 104 cm³/mol. The SMILES string of the molecule is CC(C)(C)OC(=O)NN=Cc1ccc(OCc2c(Cl)cccc2Cl)cc1. The lowest BCUT2D eigenvalue weighted by Gasteiger charge is -2.18. The van der Waals surface area contributed by atoms with Gasteiger partial charge in [-0.25, -0.2) is 10.2 Å². The summed E-state index contributed by atoms with van der Waals surface area (Å²) in [6, 6.07) is 12.5. The van der Waals surface area contributed by atoms with Crippen LogP contribution in [-0.2, 0) is 11.3 Å². The molecule has 0 atom stereocenters. The summed E-state index contributed by atoms with van der Waals surface area (Å²) in [7, 11) is 0. The largest absolute Gasteiger partial charge is 0.489 e. The molecule has 0 aliphatic rings.